The van der Waals surface area contributed by atoms with Crippen molar-refractivity contribution < 1.29 is 0 Å². The minimum atomic E-state index is 0.403. The van der Waals surface area contributed by atoms with Crippen LogP contribution in [-0.4, -0.2) is 13.1 Å². The molecular weight excluding hydrogens is 230 g/mol. The quantitative estimate of drug-likeness (QED) is 0.713. The largest absolute Gasteiger partial charge is 0.316 e. The van der Waals surface area contributed by atoms with Crippen LogP contribution in [0.1, 0.15) is 63.5 Å². The van der Waals surface area contributed by atoms with Crippen molar-refractivity contribution in [1.29, 1.82) is 0 Å². The highest BCUT2D eigenvalue weighted by atomic mass is 14.9. The molecule has 1 unspecified atom stereocenters. The molecule has 0 saturated heterocycles. The summed E-state index contributed by atoms with van der Waals surface area (Å²) in [6, 6.07) is 9.16. The number of unbranched alkanes of at least 4 members (excludes halogenated alkanes) is 2. The van der Waals surface area contributed by atoms with Crippen LogP contribution in [0.25, 0.3) is 0 Å². The molecule has 0 fully saturated rings. The number of likely N-dealkylation sites (N-methyl/N-ethyl adjacent to an activating group) is 1. The molecule has 0 amide bonds. The Morgan fingerprint density at radius 1 is 1.16 bits per heavy atom. The van der Waals surface area contributed by atoms with E-state index in [9.17, 15) is 0 Å². The zero-order chi connectivity index (χ0) is 13.6. The SMILES string of the molecule is CCCCCC1(CNCC)CCCc2ccccc21. The van der Waals surface area contributed by atoms with Gasteiger partial charge < -0.3 is 5.32 Å². The fraction of sp³-hybridized carbons (Fsp3) is 0.667. The zero-order valence-electron chi connectivity index (χ0n) is 12.7. The van der Waals surface area contributed by atoms with Gasteiger partial charge in [-0.25, -0.2) is 0 Å². The fourth-order valence-electron chi connectivity index (χ4n) is 3.62. The highest BCUT2D eigenvalue weighted by Gasteiger charge is 2.35. The molecule has 0 heterocycles. The van der Waals surface area contributed by atoms with Crippen molar-refractivity contribution in [2.75, 3.05) is 13.1 Å². The van der Waals surface area contributed by atoms with Gasteiger partial charge in [0.2, 0.25) is 0 Å². The van der Waals surface area contributed by atoms with E-state index in [2.05, 4.69) is 43.4 Å². The number of hydrogen-bond donors (Lipinski definition) is 1. The van der Waals surface area contributed by atoms with Crippen molar-refractivity contribution in [2.45, 2.75) is 64.2 Å². The summed E-state index contributed by atoms with van der Waals surface area (Å²) >= 11 is 0. The Bertz CT molecular complexity index is 385. The Labute approximate surface area is 118 Å². The average Bonchev–Trinajstić information content (AvgIpc) is 2.46. The van der Waals surface area contributed by atoms with E-state index in [1.807, 2.05) is 0 Å². The Hall–Kier alpha value is -0.820. The van der Waals surface area contributed by atoms with Crippen LogP contribution in [0, 0.1) is 0 Å². The lowest BCUT2D eigenvalue weighted by Crippen LogP contribution is -2.41. The molecular formula is C18H29N. The van der Waals surface area contributed by atoms with Crippen molar-refractivity contribution in [1.82, 2.24) is 5.32 Å². The van der Waals surface area contributed by atoms with E-state index in [4.69, 9.17) is 0 Å². The van der Waals surface area contributed by atoms with Gasteiger partial charge in [-0.1, -0.05) is 57.4 Å². The molecule has 1 aromatic carbocycles. The van der Waals surface area contributed by atoms with Crippen molar-refractivity contribution in [3.05, 3.63) is 35.4 Å². The van der Waals surface area contributed by atoms with Crippen LogP contribution in [0.4, 0.5) is 0 Å². The van der Waals surface area contributed by atoms with Gasteiger partial charge >= 0.3 is 0 Å². The maximum atomic E-state index is 3.63. The predicted octanol–water partition coefficient (Wildman–Crippen LogP) is 4.45. The van der Waals surface area contributed by atoms with Crippen LogP contribution in [0.15, 0.2) is 24.3 Å². The second-order valence-corrected chi connectivity index (χ2v) is 6.03. The van der Waals surface area contributed by atoms with Crippen LogP contribution in [-0.2, 0) is 11.8 Å². The normalized spacial score (nSPS) is 22.2. The second kappa shape index (κ2) is 7.09. The first-order valence-corrected chi connectivity index (χ1v) is 8.11. The zero-order valence-corrected chi connectivity index (χ0v) is 12.7. The first-order valence-electron chi connectivity index (χ1n) is 8.11. The molecule has 1 nitrogen and oxygen atoms in total. The van der Waals surface area contributed by atoms with Crippen molar-refractivity contribution in [3.63, 3.8) is 0 Å². The molecule has 1 aliphatic rings. The molecule has 1 N–H and O–H groups in total. The summed E-state index contributed by atoms with van der Waals surface area (Å²) < 4.78 is 0. The highest BCUT2D eigenvalue weighted by molar-refractivity contribution is 5.37. The Morgan fingerprint density at radius 2 is 2.00 bits per heavy atom. The Kier molecular flexibility index (Phi) is 5.45. The maximum Gasteiger partial charge on any atom is 0.00806 e. The topological polar surface area (TPSA) is 12.0 Å². The number of aryl methyl sites for hydroxylation is 1. The maximum absolute atomic E-state index is 3.63. The van der Waals surface area contributed by atoms with E-state index in [0.29, 0.717) is 5.41 Å². The summed E-state index contributed by atoms with van der Waals surface area (Å²) in [6.45, 7) is 6.75. The number of hydrogen-bond acceptors (Lipinski definition) is 1. The van der Waals surface area contributed by atoms with Gasteiger partial charge in [-0.2, -0.15) is 0 Å². The molecule has 0 aromatic heterocycles. The van der Waals surface area contributed by atoms with Gasteiger partial charge in [-0.15, -0.1) is 0 Å². The first kappa shape index (κ1) is 14.6. The predicted molar refractivity (Wildman–Crippen MR) is 83.7 cm³/mol. The molecule has 0 saturated carbocycles. The van der Waals surface area contributed by atoms with Crippen LogP contribution < -0.4 is 5.32 Å². The third kappa shape index (κ3) is 3.39. The molecule has 2 rings (SSSR count). The molecule has 106 valence electrons. The second-order valence-electron chi connectivity index (χ2n) is 6.03. The van der Waals surface area contributed by atoms with Crippen LogP contribution in [0.5, 0.6) is 0 Å². The fourth-order valence-corrected chi connectivity index (χ4v) is 3.62. The van der Waals surface area contributed by atoms with Crippen LogP contribution in [0.2, 0.25) is 0 Å². The summed E-state index contributed by atoms with van der Waals surface area (Å²) in [7, 11) is 0. The molecule has 0 aliphatic heterocycles. The third-order valence-electron chi connectivity index (χ3n) is 4.66. The van der Waals surface area contributed by atoms with E-state index >= 15 is 0 Å². The summed E-state index contributed by atoms with van der Waals surface area (Å²) in [4.78, 5) is 0. The van der Waals surface area contributed by atoms with Gasteiger partial charge in [0.15, 0.2) is 0 Å². The van der Waals surface area contributed by atoms with Crippen molar-refractivity contribution in [2.24, 2.45) is 0 Å². The van der Waals surface area contributed by atoms with Crippen LogP contribution in [0.3, 0.4) is 0 Å². The van der Waals surface area contributed by atoms with Gasteiger partial charge in [0.05, 0.1) is 0 Å². The molecule has 1 heteroatoms. The number of nitrogens with one attached hydrogen (secondary N) is 1. The monoisotopic (exact) mass is 259 g/mol. The lowest BCUT2D eigenvalue weighted by Gasteiger charge is -2.40. The van der Waals surface area contributed by atoms with Gasteiger partial charge in [-0.05, 0) is 43.4 Å². The minimum Gasteiger partial charge on any atom is -0.316 e. The summed E-state index contributed by atoms with van der Waals surface area (Å²) in [5.74, 6) is 0. The lowest BCUT2D eigenvalue weighted by atomic mass is 9.67. The standard InChI is InChI=1S/C18H29N/c1-3-5-8-13-18(15-19-4-2)14-9-11-16-10-6-7-12-17(16)18/h6-7,10,12,19H,3-5,8-9,11,13-15H2,1-2H3. The lowest BCUT2D eigenvalue weighted by molar-refractivity contribution is 0.308. The summed E-state index contributed by atoms with van der Waals surface area (Å²) in [5.41, 5.74) is 3.64. The molecule has 19 heavy (non-hydrogen) atoms. The van der Waals surface area contributed by atoms with Crippen molar-refractivity contribution in [3.8, 4) is 0 Å². The molecule has 0 bridgehead atoms. The molecule has 1 atom stereocenters. The summed E-state index contributed by atoms with van der Waals surface area (Å²) in [6.07, 6.45) is 9.41. The highest BCUT2D eigenvalue weighted by Crippen LogP contribution is 2.40. The molecule has 0 radical (unpaired) electrons. The summed E-state index contributed by atoms with van der Waals surface area (Å²) in [5, 5.41) is 3.63. The van der Waals surface area contributed by atoms with E-state index in [1.165, 1.54) is 44.9 Å². The van der Waals surface area contributed by atoms with Crippen molar-refractivity contribution >= 4 is 0 Å². The van der Waals surface area contributed by atoms with E-state index in [1.54, 1.807) is 11.1 Å². The first-order chi connectivity index (χ1) is 9.32. The van der Waals surface area contributed by atoms with E-state index in [-0.39, 0.29) is 0 Å². The minimum absolute atomic E-state index is 0.403. The van der Waals surface area contributed by atoms with Gasteiger partial charge in [0.25, 0.3) is 0 Å². The third-order valence-corrected chi connectivity index (χ3v) is 4.66. The van der Waals surface area contributed by atoms with Gasteiger partial charge in [-0.3, -0.25) is 0 Å². The van der Waals surface area contributed by atoms with Crippen LogP contribution >= 0.6 is 0 Å². The van der Waals surface area contributed by atoms with Gasteiger partial charge in [0.1, 0.15) is 0 Å². The smallest absolute Gasteiger partial charge is 0.00806 e. The Balaban J connectivity index is 2.22. The van der Waals surface area contributed by atoms with Gasteiger partial charge in [0, 0.05) is 12.0 Å². The number of benzene rings is 1. The molecule has 1 aromatic rings. The van der Waals surface area contributed by atoms with E-state index in [0.717, 1.165) is 13.1 Å². The van der Waals surface area contributed by atoms with E-state index < -0.39 is 0 Å². The number of rotatable bonds is 7. The molecule has 1 aliphatic carbocycles. The average molecular weight is 259 g/mol. The number of fused-ring (bicyclic) bond motifs is 1. The Morgan fingerprint density at radius 3 is 2.79 bits per heavy atom. The molecule has 0 spiro atoms.